The highest BCUT2D eigenvalue weighted by molar-refractivity contribution is 5.89. The molecule has 2 fully saturated rings. The second-order valence-corrected chi connectivity index (χ2v) is 11.5. The Morgan fingerprint density at radius 3 is 2.43 bits per heavy atom. The molecule has 2 saturated carbocycles. The van der Waals surface area contributed by atoms with Crippen LogP contribution in [0.4, 0.5) is 4.79 Å². The number of hydrogen-bond donors (Lipinski definition) is 0. The van der Waals surface area contributed by atoms with Crippen molar-refractivity contribution in [2.24, 2.45) is 5.41 Å². The first kappa shape index (κ1) is 23.9. The number of carbonyl (C=O) groups excluding carboxylic acids is 2. The van der Waals surface area contributed by atoms with Gasteiger partial charge < -0.3 is 14.4 Å². The molecule has 0 bridgehead atoms. The Hall–Kier alpha value is -2.86. The highest BCUT2D eigenvalue weighted by atomic mass is 16.6. The number of carbonyl (C=O) groups is 2. The minimum absolute atomic E-state index is 0.105. The number of hydrogen-bond acceptors (Lipinski definition) is 5. The molecule has 1 unspecified atom stereocenters. The van der Waals surface area contributed by atoms with Crippen molar-refractivity contribution < 1.29 is 19.1 Å². The van der Waals surface area contributed by atoms with Crippen LogP contribution in [0.15, 0.2) is 48.5 Å². The van der Waals surface area contributed by atoms with Crippen molar-refractivity contribution in [3.8, 4) is 0 Å². The Morgan fingerprint density at radius 2 is 1.77 bits per heavy atom. The number of rotatable bonds is 7. The Labute approximate surface area is 208 Å². The van der Waals surface area contributed by atoms with Crippen LogP contribution < -0.4 is 0 Å². The molecule has 6 nitrogen and oxygen atoms in total. The van der Waals surface area contributed by atoms with Gasteiger partial charge >= 0.3 is 12.1 Å². The van der Waals surface area contributed by atoms with Crippen LogP contribution >= 0.6 is 0 Å². The van der Waals surface area contributed by atoms with Crippen molar-refractivity contribution in [3.05, 3.63) is 70.8 Å². The summed E-state index contributed by atoms with van der Waals surface area (Å²) in [5.41, 5.74) is 3.95. The molecule has 0 aromatic heterocycles. The minimum Gasteiger partial charge on any atom is -0.465 e. The van der Waals surface area contributed by atoms with Gasteiger partial charge in [-0.2, -0.15) is 0 Å². The third-order valence-corrected chi connectivity index (χ3v) is 7.45. The molecule has 1 amide bonds. The Bertz CT molecular complexity index is 1100. The average Bonchev–Trinajstić information content (AvgIpc) is 3.72. The van der Waals surface area contributed by atoms with Gasteiger partial charge in [-0.15, -0.1) is 0 Å². The zero-order valence-electron chi connectivity index (χ0n) is 21.3. The quantitative estimate of drug-likeness (QED) is 0.504. The van der Waals surface area contributed by atoms with Crippen LogP contribution in [0, 0.1) is 5.41 Å². The fourth-order valence-electron chi connectivity index (χ4n) is 5.42. The van der Waals surface area contributed by atoms with Crippen molar-refractivity contribution in [1.29, 1.82) is 0 Å². The number of amides is 1. The first-order chi connectivity index (χ1) is 16.7. The van der Waals surface area contributed by atoms with E-state index >= 15 is 0 Å². The van der Waals surface area contributed by atoms with Crippen molar-refractivity contribution in [2.45, 2.75) is 70.7 Å². The van der Waals surface area contributed by atoms with E-state index in [0.29, 0.717) is 11.5 Å². The van der Waals surface area contributed by atoms with Gasteiger partial charge in [-0.1, -0.05) is 36.4 Å². The summed E-state index contributed by atoms with van der Waals surface area (Å²) in [6, 6.07) is 16.6. The van der Waals surface area contributed by atoms with E-state index in [1.54, 1.807) is 0 Å². The third kappa shape index (κ3) is 5.37. The number of esters is 1. The van der Waals surface area contributed by atoms with E-state index in [1.165, 1.54) is 23.8 Å². The maximum Gasteiger partial charge on any atom is 0.410 e. The molecule has 3 aliphatic rings. The van der Waals surface area contributed by atoms with Crippen LogP contribution in [0.1, 0.15) is 73.0 Å². The van der Waals surface area contributed by atoms with Gasteiger partial charge in [0.25, 0.3) is 0 Å². The Kier molecular flexibility index (Phi) is 6.12. The largest absolute Gasteiger partial charge is 0.465 e. The second kappa shape index (κ2) is 8.98. The fourth-order valence-corrected chi connectivity index (χ4v) is 5.42. The van der Waals surface area contributed by atoms with Gasteiger partial charge in [0.15, 0.2) is 0 Å². The molecule has 2 aromatic rings. The molecule has 6 heteroatoms. The summed E-state index contributed by atoms with van der Waals surface area (Å²) < 4.78 is 10.7. The van der Waals surface area contributed by atoms with Gasteiger partial charge in [0.1, 0.15) is 5.60 Å². The van der Waals surface area contributed by atoms with Crippen LogP contribution in [0.3, 0.4) is 0 Å². The zero-order valence-corrected chi connectivity index (χ0v) is 21.3. The van der Waals surface area contributed by atoms with E-state index < -0.39 is 5.60 Å². The molecule has 0 radical (unpaired) electrons. The maximum absolute atomic E-state index is 13.3. The molecule has 0 N–H and O–H groups in total. The number of ether oxygens (including phenoxy) is 2. The van der Waals surface area contributed by atoms with Crippen molar-refractivity contribution in [1.82, 2.24) is 9.80 Å². The van der Waals surface area contributed by atoms with Gasteiger partial charge in [0.2, 0.25) is 0 Å². The molecule has 1 heterocycles. The van der Waals surface area contributed by atoms with Gasteiger partial charge in [0.05, 0.1) is 12.7 Å². The van der Waals surface area contributed by atoms with Gasteiger partial charge in [-0.3, -0.25) is 4.90 Å². The van der Waals surface area contributed by atoms with E-state index in [1.807, 2.05) is 49.9 Å². The lowest BCUT2D eigenvalue weighted by Gasteiger charge is -2.32. The number of benzene rings is 2. The lowest BCUT2D eigenvalue weighted by Crippen LogP contribution is -2.44. The van der Waals surface area contributed by atoms with Crippen LogP contribution in [0.2, 0.25) is 0 Å². The zero-order chi connectivity index (χ0) is 24.8. The highest BCUT2D eigenvalue weighted by Gasteiger charge is 2.52. The van der Waals surface area contributed by atoms with Crippen molar-refractivity contribution in [3.63, 3.8) is 0 Å². The molecule has 1 aliphatic heterocycles. The van der Waals surface area contributed by atoms with Gasteiger partial charge in [-0.25, -0.2) is 9.59 Å². The second-order valence-electron chi connectivity index (χ2n) is 11.5. The highest BCUT2D eigenvalue weighted by Crippen LogP contribution is 2.52. The molecule has 2 aliphatic carbocycles. The van der Waals surface area contributed by atoms with Crippen LogP contribution in [0.25, 0.3) is 0 Å². The smallest absolute Gasteiger partial charge is 0.410 e. The summed E-state index contributed by atoms with van der Waals surface area (Å²) in [4.78, 5) is 29.7. The van der Waals surface area contributed by atoms with E-state index in [2.05, 4.69) is 29.2 Å². The molecular weight excluding hydrogens is 440 g/mol. The van der Waals surface area contributed by atoms with Crippen molar-refractivity contribution >= 4 is 12.1 Å². The monoisotopic (exact) mass is 476 g/mol. The number of fused-ring (bicyclic) bond motifs is 1. The maximum atomic E-state index is 13.3. The molecular formula is C29H36N2O4. The normalized spacial score (nSPS) is 22.3. The van der Waals surface area contributed by atoms with E-state index in [0.717, 1.165) is 45.4 Å². The van der Waals surface area contributed by atoms with Crippen LogP contribution in [-0.4, -0.2) is 53.7 Å². The van der Waals surface area contributed by atoms with E-state index in [9.17, 15) is 9.59 Å². The topological polar surface area (TPSA) is 59.1 Å². The molecule has 2 atom stereocenters. The summed E-state index contributed by atoms with van der Waals surface area (Å²) in [5.74, 6) is 0.0858. The first-order valence-electron chi connectivity index (χ1n) is 12.6. The minimum atomic E-state index is -0.517. The SMILES string of the molecule is COC(=O)c1ccc2c(c1)CN(CC1(CN(C(=O)OC(C)(C)C)[C@H]3CC3c3ccccc3)CC1)C2. The summed E-state index contributed by atoms with van der Waals surface area (Å²) in [6.45, 7) is 9.17. The predicted octanol–water partition coefficient (Wildman–Crippen LogP) is 5.36. The summed E-state index contributed by atoms with van der Waals surface area (Å²) in [5, 5.41) is 0. The van der Waals surface area contributed by atoms with Gasteiger partial charge in [0, 0.05) is 43.6 Å². The lowest BCUT2D eigenvalue weighted by atomic mass is 10.1. The molecule has 186 valence electrons. The fraction of sp³-hybridized carbons (Fsp3) is 0.517. The van der Waals surface area contributed by atoms with Gasteiger partial charge in [-0.05, 0) is 68.9 Å². The molecule has 2 aromatic carbocycles. The average molecular weight is 477 g/mol. The summed E-state index contributed by atoms with van der Waals surface area (Å²) >= 11 is 0. The third-order valence-electron chi connectivity index (χ3n) is 7.45. The van der Waals surface area contributed by atoms with Crippen LogP contribution in [0.5, 0.6) is 0 Å². The summed E-state index contributed by atoms with van der Waals surface area (Å²) in [6.07, 6.45) is 3.04. The molecule has 35 heavy (non-hydrogen) atoms. The van der Waals surface area contributed by atoms with E-state index in [4.69, 9.17) is 9.47 Å². The standard InChI is InChI=1S/C29H36N2O4/c1-28(2,3)35-27(33)31(25-15-24(25)20-8-6-5-7-9-20)19-29(12-13-29)18-30-16-22-11-10-21(26(32)34-4)14-23(22)17-30/h5-11,14,24-25H,12-13,15-19H2,1-4H3/t24?,25-/m0/s1. The first-order valence-corrected chi connectivity index (χ1v) is 12.6. The number of methoxy groups -OCH3 is 1. The summed E-state index contributed by atoms with van der Waals surface area (Å²) in [7, 11) is 1.41. The Morgan fingerprint density at radius 1 is 1.06 bits per heavy atom. The molecule has 5 rings (SSSR count). The Balaban J connectivity index is 1.27. The van der Waals surface area contributed by atoms with Crippen molar-refractivity contribution in [2.75, 3.05) is 20.2 Å². The predicted molar refractivity (Wildman–Crippen MR) is 134 cm³/mol. The number of nitrogens with zero attached hydrogens (tertiary/aromatic N) is 2. The van der Waals surface area contributed by atoms with Crippen LogP contribution in [-0.2, 0) is 22.6 Å². The lowest BCUT2D eigenvalue weighted by molar-refractivity contribution is 0.0170. The molecule has 0 saturated heterocycles. The van der Waals surface area contributed by atoms with E-state index in [-0.39, 0.29) is 23.5 Å². The molecule has 0 spiro atoms.